The molecule has 0 bridgehead atoms. The van der Waals surface area contributed by atoms with Crippen molar-refractivity contribution in [1.29, 1.82) is 0 Å². The molecule has 0 aromatic carbocycles. The molecule has 0 saturated carbocycles. The van der Waals surface area contributed by atoms with E-state index >= 15 is 0 Å². The second kappa shape index (κ2) is 16.4. The number of hydrogen-bond acceptors (Lipinski definition) is 13. The summed E-state index contributed by atoms with van der Waals surface area (Å²) in [6.45, 7) is 0. The second-order valence-corrected chi connectivity index (χ2v) is 25.5. The highest BCUT2D eigenvalue weighted by atomic mass is 31.2. The van der Waals surface area contributed by atoms with Crippen LogP contribution in [-0.2, 0) is 0 Å². The van der Waals surface area contributed by atoms with Gasteiger partial charge in [0.1, 0.15) is 33.3 Å². The first kappa shape index (κ1) is 43.7. The summed E-state index contributed by atoms with van der Waals surface area (Å²) in [5.74, 6) is 0. The number of hydrogen-bond donors (Lipinski definition) is 0. The Labute approximate surface area is 305 Å². The third-order valence-corrected chi connectivity index (χ3v) is 21.6. The molecule has 49 heavy (non-hydrogen) atoms. The Kier molecular flexibility index (Phi) is 14.6. The zero-order chi connectivity index (χ0) is 37.6. The van der Waals surface area contributed by atoms with E-state index in [2.05, 4.69) is 189 Å². The molecule has 3 heterocycles. The normalized spacial score (nSPS) is 29.5. The van der Waals surface area contributed by atoms with Gasteiger partial charge in [-0.05, 0) is 165 Å². The maximum absolute atomic E-state index is 6.18. The molecule has 3 rings (SSSR count). The molecule has 3 fully saturated rings. The second-order valence-electron chi connectivity index (χ2n) is 15.6. The molecule has 3 saturated heterocycles. The lowest BCUT2D eigenvalue weighted by Crippen LogP contribution is -2.59. The van der Waals surface area contributed by atoms with E-state index < -0.39 is 32.1 Å². The van der Waals surface area contributed by atoms with Crippen LogP contribution in [0.1, 0.15) is 19.3 Å². The predicted octanol–water partition coefficient (Wildman–Crippen LogP) is 3.97. The first-order valence-corrected chi connectivity index (χ1v) is 23.3. The van der Waals surface area contributed by atoms with Crippen LogP contribution in [0.4, 0.5) is 0 Å². The molecule has 13 nitrogen and oxygen atoms in total. The highest BCUT2D eigenvalue weighted by molar-refractivity contribution is 7.81. The first-order chi connectivity index (χ1) is 22.5. The van der Waals surface area contributed by atoms with E-state index in [0.717, 1.165) is 37.7 Å². The molecule has 3 unspecified atom stereocenters. The molecule has 284 valence electrons. The van der Waals surface area contributed by atoms with Gasteiger partial charge < -0.3 is 0 Å². The number of rotatable bonds is 13. The Morgan fingerprint density at radius 2 is 0.592 bits per heavy atom. The summed E-state index contributed by atoms with van der Waals surface area (Å²) in [5.41, 5.74) is 2.71. The average molecular weight is 763 g/mol. The SMILES string of the molecule is CN(C)P1CCC(N(C)C)(N(C)C)C1=N[P+](N=C1P(N(C)C)CCC1(N(C)C)N(C)C)(N=C1P(N(C)C)CCC1(N(C)C)N(C)C)N(C)C. The topological polar surface area (TPSA) is 69.5 Å². The lowest BCUT2D eigenvalue weighted by atomic mass is 10.1. The lowest BCUT2D eigenvalue weighted by molar-refractivity contribution is 0.0731. The zero-order valence-corrected chi connectivity index (χ0v) is 38.4. The minimum Gasteiger partial charge on any atom is -0.286 e. The van der Waals surface area contributed by atoms with Gasteiger partial charge in [-0.2, -0.15) is 0 Å². The zero-order valence-electron chi connectivity index (χ0n) is 34.8. The Bertz CT molecular complexity index is 1060. The van der Waals surface area contributed by atoms with Gasteiger partial charge in [-0.3, -0.25) is 43.4 Å². The fraction of sp³-hybridized carbons (Fsp3) is 0.906. The maximum Gasteiger partial charge on any atom is 0.447 e. The quantitative estimate of drug-likeness (QED) is 0.204. The minimum absolute atomic E-state index is 0.331. The van der Waals surface area contributed by atoms with Crippen molar-refractivity contribution in [2.45, 2.75) is 36.3 Å². The van der Waals surface area contributed by atoms with E-state index in [4.69, 9.17) is 14.3 Å². The average Bonchev–Trinajstić information content (AvgIpc) is 3.66. The highest BCUT2D eigenvalue weighted by Crippen LogP contribution is 2.73. The van der Waals surface area contributed by atoms with Crippen LogP contribution in [0.25, 0.3) is 0 Å². The summed E-state index contributed by atoms with van der Waals surface area (Å²) in [7, 11) is 39.3. The van der Waals surface area contributed by atoms with Crippen molar-refractivity contribution in [1.82, 2.24) is 48.1 Å². The number of nitrogens with zero attached hydrogens (tertiary/aromatic N) is 13. The van der Waals surface area contributed by atoms with Crippen LogP contribution in [-0.4, -0.2) is 241 Å². The van der Waals surface area contributed by atoms with E-state index in [1.165, 1.54) is 16.4 Å². The molecule has 3 aliphatic rings. The van der Waals surface area contributed by atoms with Gasteiger partial charge in [-0.15, -0.1) is 4.67 Å². The maximum atomic E-state index is 6.18. The summed E-state index contributed by atoms with van der Waals surface area (Å²) in [6.07, 6.45) is 6.32. The van der Waals surface area contributed by atoms with Crippen molar-refractivity contribution in [3.05, 3.63) is 0 Å². The van der Waals surface area contributed by atoms with Crippen LogP contribution >= 0.6 is 32.1 Å². The Morgan fingerprint density at radius 1 is 0.388 bits per heavy atom. The van der Waals surface area contributed by atoms with Gasteiger partial charge >= 0.3 is 7.87 Å². The van der Waals surface area contributed by atoms with Crippen LogP contribution in [0.5, 0.6) is 0 Å². The predicted molar refractivity (Wildman–Crippen MR) is 223 cm³/mol. The van der Waals surface area contributed by atoms with Crippen LogP contribution in [0.15, 0.2) is 14.3 Å². The molecule has 0 radical (unpaired) electrons. The molecule has 17 heteroatoms. The molecular weight excluding hydrogens is 690 g/mol. The van der Waals surface area contributed by atoms with Gasteiger partial charge in [0.15, 0.2) is 0 Å². The third-order valence-electron chi connectivity index (χ3n) is 10.9. The molecule has 0 amide bonds. The summed E-state index contributed by atoms with van der Waals surface area (Å²) < 4.78 is 28.1. The van der Waals surface area contributed by atoms with Crippen molar-refractivity contribution in [2.75, 3.05) is 159 Å². The molecule has 3 atom stereocenters. The van der Waals surface area contributed by atoms with Crippen molar-refractivity contribution in [3.63, 3.8) is 0 Å². The van der Waals surface area contributed by atoms with Crippen LogP contribution in [0.3, 0.4) is 0 Å². The van der Waals surface area contributed by atoms with Gasteiger partial charge in [-0.25, -0.2) is 0 Å². The lowest BCUT2D eigenvalue weighted by Gasteiger charge is -2.44. The van der Waals surface area contributed by atoms with Crippen molar-refractivity contribution in [2.24, 2.45) is 14.3 Å². The fourth-order valence-electron chi connectivity index (χ4n) is 8.08. The van der Waals surface area contributed by atoms with Gasteiger partial charge in [0.2, 0.25) is 0 Å². The van der Waals surface area contributed by atoms with Gasteiger partial charge in [0.05, 0.1) is 0 Å². The molecule has 0 aliphatic carbocycles. The standard InChI is InChI=1S/C32H72N13P4/c1-36(2)30(37(3)4)21-24-46(42(13)14)27(30)33-49(45(19)20,34-28-31(38(5)6,39(7)8)22-25-47(28)43(15)16)35-29-32(40(9)10,41(11)12)23-26-48(29)44(17)18/h21-26H2,1-20H3/q+1. The summed E-state index contributed by atoms with van der Waals surface area (Å²) >= 11 is 0. The highest BCUT2D eigenvalue weighted by Gasteiger charge is 2.61. The Hall–Kier alpha value is 0.330. The molecule has 0 spiro atoms. The largest absolute Gasteiger partial charge is 0.447 e. The molecule has 0 aromatic heterocycles. The fourth-order valence-corrected chi connectivity index (χ4v) is 19.6. The summed E-state index contributed by atoms with van der Waals surface area (Å²) in [6, 6.07) is 0. The first-order valence-electron chi connectivity index (χ1n) is 17.3. The van der Waals surface area contributed by atoms with Crippen molar-refractivity contribution in [3.8, 4) is 0 Å². The summed E-state index contributed by atoms with van der Waals surface area (Å²) in [4.78, 5) is 14.3. The molecule has 3 aliphatic heterocycles. The Morgan fingerprint density at radius 3 is 0.735 bits per heavy atom. The van der Waals surface area contributed by atoms with E-state index in [-0.39, 0.29) is 17.0 Å². The van der Waals surface area contributed by atoms with Crippen molar-refractivity contribution < 1.29 is 0 Å². The Balaban J connectivity index is 2.70. The van der Waals surface area contributed by atoms with E-state index in [1.807, 2.05) is 0 Å². The smallest absolute Gasteiger partial charge is 0.286 e. The molecule has 0 N–H and O–H groups in total. The van der Waals surface area contributed by atoms with Crippen LogP contribution in [0, 0.1) is 0 Å². The monoisotopic (exact) mass is 762 g/mol. The molecule has 0 aromatic rings. The molecular formula is C32H72N13P4+. The van der Waals surface area contributed by atoms with Crippen LogP contribution < -0.4 is 0 Å². The van der Waals surface area contributed by atoms with Gasteiger partial charge in [0.25, 0.3) is 0 Å². The van der Waals surface area contributed by atoms with Crippen molar-refractivity contribution >= 4 is 48.4 Å². The van der Waals surface area contributed by atoms with Gasteiger partial charge in [0, 0.05) is 38.3 Å². The van der Waals surface area contributed by atoms with E-state index in [9.17, 15) is 0 Å². The van der Waals surface area contributed by atoms with Gasteiger partial charge in [-0.1, -0.05) is 14.3 Å². The minimum atomic E-state index is -3.02. The van der Waals surface area contributed by atoms with E-state index in [1.54, 1.807) is 0 Å². The summed E-state index contributed by atoms with van der Waals surface area (Å²) in [5, 5.41) is 0. The third kappa shape index (κ3) is 7.54. The van der Waals surface area contributed by atoms with Crippen LogP contribution in [0.2, 0.25) is 0 Å². The van der Waals surface area contributed by atoms with E-state index in [0.29, 0.717) is 0 Å².